The molecule has 0 unspecified atom stereocenters. The summed E-state index contributed by atoms with van der Waals surface area (Å²) < 4.78 is 21.4. The van der Waals surface area contributed by atoms with E-state index in [-0.39, 0.29) is 5.91 Å². The summed E-state index contributed by atoms with van der Waals surface area (Å²) in [4.78, 5) is 18.1. The molecule has 0 atom stereocenters. The summed E-state index contributed by atoms with van der Waals surface area (Å²) in [6.45, 7) is 0. The number of nitrogens with zero attached hydrogens (tertiary/aromatic N) is 2. The molecule has 8 nitrogen and oxygen atoms in total. The number of hydrogen-bond donors (Lipinski definition) is 1. The van der Waals surface area contributed by atoms with Crippen LogP contribution in [0.15, 0.2) is 58.4 Å². The summed E-state index contributed by atoms with van der Waals surface area (Å²) in [6.07, 6.45) is 0. The third-order valence-corrected chi connectivity index (χ3v) is 5.40. The quantitative estimate of drug-likeness (QED) is 0.446. The van der Waals surface area contributed by atoms with E-state index < -0.39 is 0 Å². The summed E-state index contributed by atoms with van der Waals surface area (Å²) in [6, 6.07) is 14.5. The van der Waals surface area contributed by atoms with Crippen molar-refractivity contribution in [2.75, 3.05) is 26.6 Å². The minimum atomic E-state index is -0.346. The van der Waals surface area contributed by atoms with Gasteiger partial charge in [0.25, 0.3) is 11.8 Å². The van der Waals surface area contributed by atoms with Crippen LogP contribution in [0.2, 0.25) is 0 Å². The predicted molar refractivity (Wildman–Crippen MR) is 117 cm³/mol. The molecular formula is C22H19N3O5S. The first-order chi connectivity index (χ1) is 15.1. The monoisotopic (exact) mass is 437 g/mol. The average Bonchev–Trinajstić information content (AvgIpc) is 3.48. The fourth-order valence-corrected chi connectivity index (χ4v) is 3.77. The normalized spacial score (nSPS) is 10.5. The highest BCUT2D eigenvalue weighted by molar-refractivity contribution is 7.14. The van der Waals surface area contributed by atoms with E-state index in [2.05, 4.69) is 15.5 Å². The molecule has 9 heteroatoms. The lowest BCUT2D eigenvalue weighted by Gasteiger charge is -2.14. The molecule has 1 amide bonds. The topological polar surface area (TPSA) is 95.7 Å². The van der Waals surface area contributed by atoms with Gasteiger partial charge in [-0.25, -0.2) is 0 Å². The molecule has 4 rings (SSSR count). The molecule has 1 N–H and O–H groups in total. The van der Waals surface area contributed by atoms with Crippen molar-refractivity contribution < 1.29 is 23.5 Å². The van der Waals surface area contributed by atoms with Gasteiger partial charge in [0.2, 0.25) is 11.6 Å². The molecular weight excluding hydrogens is 418 g/mol. The largest absolute Gasteiger partial charge is 0.493 e. The highest BCUT2D eigenvalue weighted by Gasteiger charge is 2.20. The van der Waals surface area contributed by atoms with Crippen LogP contribution in [-0.2, 0) is 0 Å². The Labute approximate surface area is 182 Å². The zero-order chi connectivity index (χ0) is 21.8. The summed E-state index contributed by atoms with van der Waals surface area (Å²) in [7, 11) is 4.50. The molecule has 2 heterocycles. The number of aromatic nitrogens is 2. The van der Waals surface area contributed by atoms with Gasteiger partial charge in [-0.1, -0.05) is 35.5 Å². The number of rotatable bonds is 7. The van der Waals surface area contributed by atoms with Crippen LogP contribution in [-0.4, -0.2) is 37.4 Å². The van der Waals surface area contributed by atoms with Crippen molar-refractivity contribution >= 4 is 22.9 Å². The molecule has 0 spiro atoms. The van der Waals surface area contributed by atoms with Crippen LogP contribution < -0.4 is 19.5 Å². The standard InChI is InChI=1S/C22H19N3O5S/c1-27-16-11-14(12-17(28-2)18(16)29-3)21(26)23-15-9-10-31-19(15)22-24-20(25-30-22)13-7-5-4-6-8-13/h4-12H,1-3H3,(H,23,26). The molecule has 158 valence electrons. The summed E-state index contributed by atoms with van der Waals surface area (Å²) >= 11 is 1.39. The predicted octanol–water partition coefficient (Wildman–Crippen LogP) is 4.74. The van der Waals surface area contributed by atoms with Crippen molar-refractivity contribution in [2.45, 2.75) is 0 Å². The molecule has 0 saturated carbocycles. The van der Waals surface area contributed by atoms with E-state index in [1.165, 1.54) is 32.7 Å². The molecule has 4 aromatic rings. The van der Waals surface area contributed by atoms with Crippen molar-refractivity contribution in [1.29, 1.82) is 0 Å². The molecule has 0 saturated heterocycles. The zero-order valence-corrected chi connectivity index (χ0v) is 17.9. The van der Waals surface area contributed by atoms with Gasteiger partial charge in [0.1, 0.15) is 4.88 Å². The van der Waals surface area contributed by atoms with Crippen molar-refractivity contribution in [1.82, 2.24) is 10.1 Å². The Morgan fingerprint density at radius 2 is 1.71 bits per heavy atom. The number of amides is 1. The minimum absolute atomic E-state index is 0.328. The summed E-state index contributed by atoms with van der Waals surface area (Å²) in [5.74, 6) is 1.66. The van der Waals surface area contributed by atoms with E-state index in [0.717, 1.165) is 5.56 Å². The number of thiophene rings is 1. The maximum absolute atomic E-state index is 12.9. The average molecular weight is 437 g/mol. The Morgan fingerprint density at radius 1 is 1.00 bits per heavy atom. The molecule has 0 radical (unpaired) electrons. The van der Waals surface area contributed by atoms with Gasteiger partial charge in [-0.3, -0.25) is 4.79 Å². The Hall–Kier alpha value is -3.85. The summed E-state index contributed by atoms with van der Waals surface area (Å²) in [5, 5.41) is 8.77. The van der Waals surface area contributed by atoms with Crippen LogP contribution in [0.1, 0.15) is 10.4 Å². The molecule has 0 fully saturated rings. The van der Waals surface area contributed by atoms with Gasteiger partial charge in [-0.2, -0.15) is 4.98 Å². The first kappa shape index (κ1) is 20.4. The molecule has 0 aliphatic heterocycles. The lowest BCUT2D eigenvalue weighted by Crippen LogP contribution is -2.12. The van der Waals surface area contributed by atoms with Gasteiger partial charge in [0.05, 0.1) is 27.0 Å². The smallest absolute Gasteiger partial charge is 0.270 e. The molecule has 2 aromatic heterocycles. The van der Waals surface area contributed by atoms with Crippen LogP contribution in [0.3, 0.4) is 0 Å². The number of methoxy groups -OCH3 is 3. The molecule has 31 heavy (non-hydrogen) atoms. The van der Waals surface area contributed by atoms with Crippen LogP contribution in [0.5, 0.6) is 17.2 Å². The van der Waals surface area contributed by atoms with E-state index >= 15 is 0 Å². The van der Waals surface area contributed by atoms with E-state index in [0.29, 0.717) is 45.1 Å². The van der Waals surface area contributed by atoms with Crippen molar-refractivity contribution in [3.63, 3.8) is 0 Å². The lowest BCUT2D eigenvalue weighted by atomic mass is 10.1. The van der Waals surface area contributed by atoms with E-state index in [1.807, 2.05) is 35.7 Å². The van der Waals surface area contributed by atoms with Crippen LogP contribution in [0.4, 0.5) is 5.69 Å². The fraction of sp³-hybridized carbons (Fsp3) is 0.136. The zero-order valence-electron chi connectivity index (χ0n) is 17.0. The second-order valence-corrected chi connectivity index (χ2v) is 7.24. The molecule has 0 bridgehead atoms. The first-order valence-electron chi connectivity index (χ1n) is 9.23. The Kier molecular flexibility index (Phi) is 5.85. The third-order valence-electron chi connectivity index (χ3n) is 4.49. The number of hydrogen-bond acceptors (Lipinski definition) is 8. The number of benzene rings is 2. The highest BCUT2D eigenvalue weighted by Crippen LogP contribution is 2.39. The number of nitrogens with one attached hydrogen (secondary N) is 1. The van der Waals surface area contributed by atoms with Gasteiger partial charge in [-0.05, 0) is 23.6 Å². The number of carbonyl (C=O) groups is 1. The molecule has 2 aromatic carbocycles. The second kappa shape index (κ2) is 8.88. The maximum Gasteiger partial charge on any atom is 0.270 e. The highest BCUT2D eigenvalue weighted by atomic mass is 32.1. The number of anilines is 1. The van der Waals surface area contributed by atoms with Crippen LogP contribution in [0.25, 0.3) is 22.2 Å². The molecule has 0 aliphatic carbocycles. The van der Waals surface area contributed by atoms with Crippen molar-refractivity contribution in [2.24, 2.45) is 0 Å². The lowest BCUT2D eigenvalue weighted by molar-refractivity contribution is 0.102. The third kappa shape index (κ3) is 4.08. The van der Waals surface area contributed by atoms with Gasteiger partial charge in [0, 0.05) is 11.1 Å². The van der Waals surface area contributed by atoms with Crippen molar-refractivity contribution in [3.8, 4) is 39.4 Å². The summed E-state index contributed by atoms with van der Waals surface area (Å²) in [5.41, 5.74) is 1.76. The maximum atomic E-state index is 12.9. The Morgan fingerprint density at radius 3 is 2.35 bits per heavy atom. The second-order valence-electron chi connectivity index (χ2n) is 6.32. The number of carbonyl (C=O) groups excluding carboxylic acids is 1. The number of ether oxygens (including phenoxy) is 3. The first-order valence-corrected chi connectivity index (χ1v) is 10.1. The van der Waals surface area contributed by atoms with Crippen LogP contribution >= 0.6 is 11.3 Å². The SMILES string of the molecule is COc1cc(C(=O)Nc2ccsc2-c2nc(-c3ccccc3)no2)cc(OC)c1OC. The minimum Gasteiger partial charge on any atom is -0.493 e. The fourth-order valence-electron chi connectivity index (χ4n) is 3.00. The van der Waals surface area contributed by atoms with Gasteiger partial charge < -0.3 is 24.1 Å². The molecule has 0 aliphatic rings. The van der Waals surface area contributed by atoms with Crippen molar-refractivity contribution in [3.05, 3.63) is 59.5 Å². The van der Waals surface area contributed by atoms with E-state index in [4.69, 9.17) is 18.7 Å². The van der Waals surface area contributed by atoms with Crippen LogP contribution in [0, 0.1) is 0 Å². The van der Waals surface area contributed by atoms with Gasteiger partial charge >= 0.3 is 0 Å². The van der Waals surface area contributed by atoms with E-state index in [9.17, 15) is 4.79 Å². The van der Waals surface area contributed by atoms with E-state index in [1.54, 1.807) is 18.2 Å². The Balaban J connectivity index is 1.61. The Bertz CT molecular complexity index is 1180. The van der Waals surface area contributed by atoms with Gasteiger partial charge in [-0.15, -0.1) is 11.3 Å². The van der Waals surface area contributed by atoms with Gasteiger partial charge in [0.15, 0.2) is 11.5 Å².